The molecule has 0 bridgehead atoms. The molecule has 1 atom stereocenters. The molecule has 0 aromatic heterocycles. The van der Waals surface area contributed by atoms with Gasteiger partial charge in [0, 0.05) is 35.6 Å². The summed E-state index contributed by atoms with van der Waals surface area (Å²) in [6, 6.07) is 24.2. The zero-order chi connectivity index (χ0) is 31.1. The quantitative estimate of drug-likeness (QED) is 0.217. The van der Waals surface area contributed by atoms with E-state index in [1.807, 2.05) is 25.1 Å². The summed E-state index contributed by atoms with van der Waals surface area (Å²) in [4.78, 5) is 28.7. The number of hydrogen-bond acceptors (Lipinski definition) is 4. The second-order valence-electron chi connectivity index (χ2n) is 9.89. The molecule has 0 heterocycles. The molecule has 0 saturated heterocycles. The van der Waals surface area contributed by atoms with E-state index in [1.165, 1.54) is 60.5 Å². The van der Waals surface area contributed by atoms with Crippen molar-refractivity contribution in [2.45, 2.75) is 30.8 Å². The summed E-state index contributed by atoms with van der Waals surface area (Å²) in [5, 5.41) is 2.91. The fourth-order valence-corrected chi connectivity index (χ4v) is 6.49. The van der Waals surface area contributed by atoms with Crippen molar-refractivity contribution in [1.82, 2.24) is 10.2 Å². The number of carbonyl (C=O) groups is 2. The minimum absolute atomic E-state index is 0.0526. The number of rotatable bonds is 11. The van der Waals surface area contributed by atoms with Crippen LogP contribution in [0.1, 0.15) is 16.7 Å². The molecule has 4 aromatic rings. The van der Waals surface area contributed by atoms with Gasteiger partial charge >= 0.3 is 0 Å². The predicted molar refractivity (Wildman–Crippen MR) is 167 cm³/mol. The standard InChI is InChI=1S/C32H30Cl2FN3O4S/c1-22-12-14-28(15-13-22)43(41,42)38(27-18-25(33)17-26(34)19-27)21-31(39)37(20-24-10-6-7-11-29(24)35)30(32(40)36-2)16-23-8-4-3-5-9-23/h3-15,17-19,30H,16,20-21H2,1-2H3,(H,36,40)/t30-/m1/s1. The third-order valence-corrected chi connectivity index (χ3v) is 9.06. The monoisotopic (exact) mass is 641 g/mol. The molecular weight excluding hydrogens is 612 g/mol. The Labute approximate surface area is 260 Å². The molecular formula is C32H30Cl2FN3O4S. The maximum absolute atomic E-state index is 14.9. The third kappa shape index (κ3) is 7.93. The summed E-state index contributed by atoms with van der Waals surface area (Å²) in [6.07, 6.45) is 0.106. The van der Waals surface area contributed by atoms with Gasteiger partial charge in [-0.15, -0.1) is 0 Å². The van der Waals surface area contributed by atoms with Gasteiger partial charge in [0.15, 0.2) is 0 Å². The number of aryl methyl sites for hydroxylation is 1. The number of carbonyl (C=O) groups excluding carboxylic acids is 2. The van der Waals surface area contributed by atoms with Gasteiger partial charge in [-0.05, 0) is 48.9 Å². The van der Waals surface area contributed by atoms with Crippen LogP contribution in [0.25, 0.3) is 0 Å². The highest BCUT2D eigenvalue weighted by Crippen LogP contribution is 2.30. The molecule has 0 saturated carbocycles. The molecule has 0 spiro atoms. The van der Waals surface area contributed by atoms with Crippen molar-refractivity contribution in [1.29, 1.82) is 0 Å². The molecule has 4 aromatic carbocycles. The Bertz CT molecular complexity index is 1680. The molecule has 0 fully saturated rings. The fourth-order valence-electron chi connectivity index (χ4n) is 4.58. The molecule has 0 aliphatic heterocycles. The van der Waals surface area contributed by atoms with Crippen LogP contribution in [-0.4, -0.2) is 44.8 Å². The summed E-state index contributed by atoms with van der Waals surface area (Å²) in [6.45, 7) is 0.815. The van der Waals surface area contributed by atoms with Crippen LogP contribution in [-0.2, 0) is 32.6 Å². The average Bonchev–Trinajstić information content (AvgIpc) is 2.98. The SMILES string of the molecule is CNC(=O)[C@@H](Cc1ccccc1)N(Cc1ccccc1F)C(=O)CN(c1cc(Cl)cc(Cl)c1)S(=O)(=O)c1ccc(C)cc1. The number of sulfonamides is 1. The zero-order valence-corrected chi connectivity index (χ0v) is 25.8. The van der Waals surface area contributed by atoms with Gasteiger partial charge in [0.2, 0.25) is 11.8 Å². The molecule has 43 heavy (non-hydrogen) atoms. The number of nitrogens with zero attached hydrogens (tertiary/aromatic N) is 2. The summed E-state index contributed by atoms with van der Waals surface area (Å²) in [5.74, 6) is -1.80. The van der Waals surface area contributed by atoms with Crippen molar-refractivity contribution < 1.29 is 22.4 Å². The molecule has 224 valence electrons. The highest BCUT2D eigenvalue weighted by Gasteiger charge is 2.35. The molecule has 4 rings (SSSR count). The number of likely N-dealkylation sites (N-methyl/N-ethyl adjacent to an activating group) is 1. The highest BCUT2D eigenvalue weighted by molar-refractivity contribution is 7.92. The Morgan fingerprint density at radius 2 is 1.49 bits per heavy atom. The molecule has 11 heteroatoms. The van der Waals surface area contributed by atoms with E-state index in [4.69, 9.17) is 23.2 Å². The average molecular weight is 643 g/mol. The molecule has 0 aliphatic carbocycles. The second-order valence-corrected chi connectivity index (χ2v) is 12.6. The van der Waals surface area contributed by atoms with Crippen LogP contribution >= 0.6 is 23.2 Å². The third-order valence-electron chi connectivity index (χ3n) is 6.84. The lowest BCUT2D eigenvalue weighted by Crippen LogP contribution is -2.53. The van der Waals surface area contributed by atoms with Crippen molar-refractivity contribution in [2.75, 3.05) is 17.9 Å². The van der Waals surface area contributed by atoms with E-state index < -0.39 is 40.2 Å². The first-order valence-corrected chi connectivity index (χ1v) is 15.5. The second kappa shape index (κ2) is 14.0. The van der Waals surface area contributed by atoms with Crippen LogP contribution in [0.5, 0.6) is 0 Å². The van der Waals surface area contributed by atoms with Gasteiger partial charge in [0.1, 0.15) is 18.4 Å². The Morgan fingerprint density at radius 3 is 2.09 bits per heavy atom. The topological polar surface area (TPSA) is 86.8 Å². The Morgan fingerprint density at radius 1 is 0.884 bits per heavy atom. The van der Waals surface area contributed by atoms with Gasteiger partial charge in [0.05, 0.1) is 10.6 Å². The Balaban J connectivity index is 1.82. The number of anilines is 1. The lowest BCUT2D eigenvalue weighted by molar-refractivity contribution is -0.139. The van der Waals surface area contributed by atoms with E-state index in [0.717, 1.165) is 15.4 Å². The van der Waals surface area contributed by atoms with Gasteiger partial charge in [-0.1, -0.05) is 89.4 Å². The van der Waals surface area contributed by atoms with E-state index in [9.17, 15) is 22.4 Å². The maximum atomic E-state index is 14.9. The predicted octanol–water partition coefficient (Wildman–Crippen LogP) is 6.02. The number of halogens is 3. The molecule has 0 radical (unpaired) electrons. The minimum atomic E-state index is -4.33. The lowest BCUT2D eigenvalue weighted by atomic mass is 10.0. The van der Waals surface area contributed by atoms with Crippen molar-refractivity contribution in [3.8, 4) is 0 Å². The van der Waals surface area contributed by atoms with Crippen molar-refractivity contribution in [2.24, 2.45) is 0 Å². The first-order valence-electron chi connectivity index (χ1n) is 13.3. The van der Waals surface area contributed by atoms with Crippen LogP contribution in [0.4, 0.5) is 10.1 Å². The van der Waals surface area contributed by atoms with Gasteiger partial charge in [-0.2, -0.15) is 0 Å². The normalized spacial score (nSPS) is 11.9. The van der Waals surface area contributed by atoms with Gasteiger partial charge in [-0.25, -0.2) is 12.8 Å². The first kappa shape index (κ1) is 32.0. The van der Waals surface area contributed by atoms with E-state index in [0.29, 0.717) is 0 Å². The van der Waals surface area contributed by atoms with Crippen molar-refractivity contribution in [3.63, 3.8) is 0 Å². The van der Waals surface area contributed by atoms with Crippen LogP contribution in [0.2, 0.25) is 10.0 Å². The van der Waals surface area contributed by atoms with E-state index in [1.54, 1.807) is 30.3 Å². The van der Waals surface area contributed by atoms with E-state index >= 15 is 0 Å². The van der Waals surface area contributed by atoms with Crippen LogP contribution in [0.3, 0.4) is 0 Å². The number of amides is 2. The number of hydrogen-bond donors (Lipinski definition) is 1. The molecule has 1 N–H and O–H groups in total. The van der Waals surface area contributed by atoms with E-state index in [2.05, 4.69) is 5.32 Å². The summed E-state index contributed by atoms with van der Waals surface area (Å²) >= 11 is 12.5. The van der Waals surface area contributed by atoms with Crippen molar-refractivity contribution in [3.05, 3.63) is 130 Å². The van der Waals surface area contributed by atoms with Crippen LogP contribution < -0.4 is 9.62 Å². The lowest BCUT2D eigenvalue weighted by Gasteiger charge is -2.33. The molecule has 7 nitrogen and oxygen atoms in total. The summed E-state index contributed by atoms with van der Waals surface area (Å²) in [5.41, 5.74) is 1.82. The zero-order valence-electron chi connectivity index (χ0n) is 23.5. The van der Waals surface area contributed by atoms with E-state index in [-0.39, 0.29) is 39.2 Å². The summed E-state index contributed by atoms with van der Waals surface area (Å²) < 4.78 is 43.8. The Kier molecular flexibility index (Phi) is 10.4. The van der Waals surface area contributed by atoms with Gasteiger partial charge in [-0.3, -0.25) is 13.9 Å². The molecule has 0 aliphatic rings. The number of benzene rings is 4. The largest absolute Gasteiger partial charge is 0.357 e. The van der Waals surface area contributed by atoms with Crippen molar-refractivity contribution >= 4 is 50.7 Å². The van der Waals surface area contributed by atoms with Gasteiger partial charge in [0.25, 0.3) is 10.0 Å². The first-order chi connectivity index (χ1) is 20.5. The Hall–Kier alpha value is -3.92. The van der Waals surface area contributed by atoms with Crippen LogP contribution in [0.15, 0.2) is 102 Å². The van der Waals surface area contributed by atoms with Crippen LogP contribution in [0, 0.1) is 12.7 Å². The molecule has 0 unspecified atom stereocenters. The molecule has 2 amide bonds. The van der Waals surface area contributed by atoms with Gasteiger partial charge < -0.3 is 10.2 Å². The minimum Gasteiger partial charge on any atom is -0.357 e. The smallest absolute Gasteiger partial charge is 0.264 e. The number of nitrogens with one attached hydrogen (secondary N) is 1. The highest BCUT2D eigenvalue weighted by atomic mass is 35.5. The maximum Gasteiger partial charge on any atom is 0.264 e. The fraction of sp³-hybridized carbons (Fsp3) is 0.188. The summed E-state index contributed by atoms with van der Waals surface area (Å²) in [7, 11) is -2.89.